The van der Waals surface area contributed by atoms with Crippen LogP contribution in [-0.2, 0) is 6.42 Å². The molecule has 2 N–H and O–H groups in total. The van der Waals surface area contributed by atoms with Gasteiger partial charge in [0.1, 0.15) is 0 Å². The van der Waals surface area contributed by atoms with Gasteiger partial charge in [-0.2, -0.15) is 0 Å². The summed E-state index contributed by atoms with van der Waals surface area (Å²) < 4.78 is 0. The Kier molecular flexibility index (Phi) is 2.85. The molecule has 0 aliphatic carbocycles. The average Bonchev–Trinajstić information content (AvgIpc) is 2.64. The molecular weight excluding hydrogens is 184 g/mol. The summed E-state index contributed by atoms with van der Waals surface area (Å²) in [5, 5.41) is 0. The molecule has 1 aliphatic heterocycles. The standard InChI is InChI=1S/C13H20N2/c1-3-11-6-7-12(9-13(11)14)15-8-4-5-10(15)2/h6-7,9-10H,3-5,8,14H2,1-2H3. The van der Waals surface area contributed by atoms with Gasteiger partial charge in [-0.05, 0) is 43.9 Å². The highest BCUT2D eigenvalue weighted by molar-refractivity contribution is 5.60. The van der Waals surface area contributed by atoms with E-state index in [2.05, 4.69) is 36.9 Å². The predicted molar refractivity (Wildman–Crippen MR) is 66.3 cm³/mol. The van der Waals surface area contributed by atoms with Crippen LogP contribution in [0.15, 0.2) is 18.2 Å². The van der Waals surface area contributed by atoms with Gasteiger partial charge < -0.3 is 10.6 Å². The largest absolute Gasteiger partial charge is 0.398 e. The molecule has 1 aromatic rings. The van der Waals surface area contributed by atoms with Gasteiger partial charge in [-0.3, -0.25) is 0 Å². The molecule has 0 bridgehead atoms. The van der Waals surface area contributed by atoms with E-state index in [1.165, 1.54) is 30.6 Å². The van der Waals surface area contributed by atoms with Crippen molar-refractivity contribution in [3.63, 3.8) is 0 Å². The maximum Gasteiger partial charge on any atom is 0.0389 e. The number of aryl methyl sites for hydroxylation is 1. The van der Waals surface area contributed by atoms with Crippen molar-refractivity contribution >= 4 is 11.4 Å². The quantitative estimate of drug-likeness (QED) is 0.751. The fraction of sp³-hybridized carbons (Fsp3) is 0.538. The van der Waals surface area contributed by atoms with Crippen LogP contribution in [0.25, 0.3) is 0 Å². The van der Waals surface area contributed by atoms with Crippen molar-refractivity contribution in [2.45, 2.75) is 39.2 Å². The zero-order valence-electron chi connectivity index (χ0n) is 9.66. The van der Waals surface area contributed by atoms with Crippen LogP contribution in [-0.4, -0.2) is 12.6 Å². The summed E-state index contributed by atoms with van der Waals surface area (Å²) in [5.74, 6) is 0. The molecule has 15 heavy (non-hydrogen) atoms. The number of hydrogen-bond donors (Lipinski definition) is 1. The lowest BCUT2D eigenvalue weighted by Crippen LogP contribution is -2.26. The minimum atomic E-state index is 0.664. The van der Waals surface area contributed by atoms with E-state index in [0.29, 0.717) is 6.04 Å². The summed E-state index contributed by atoms with van der Waals surface area (Å²) in [5.41, 5.74) is 9.50. The predicted octanol–water partition coefficient (Wildman–Crippen LogP) is 2.82. The maximum absolute atomic E-state index is 6.02. The first-order valence-corrected chi connectivity index (χ1v) is 5.87. The van der Waals surface area contributed by atoms with Gasteiger partial charge in [0.2, 0.25) is 0 Å². The Labute approximate surface area is 92.1 Å². The Balaban J connectivity index is 2.25. The second-order valence-corrected chi connectivity index (χ2v) is 4.42. The van der Waals surface area contributed by atoms with Crippen molar-refractivity contribution in [2.24, 2.45) is 0 Å². The normalized spacial score (nSPS) is 20.9. The zero-order chi connectivity index (χ0) is 10.8. The number of benzene rings is 1. The molecule has 82 valence electrons. The Morgan fingerprint density at radius 1 is 1.47 bits per heavy atom. The van der Waals surface area contributed by atoms with Gasteiger partial charge in [-0.25, -0.2) is 0 Å². The van der Waals surface area contributed by atoms with Gasteiger partial charge in [0.25, 0.3) is 0 Å². The Hall–Kier alpha value is -1.18. The molecule has 0 radical (unpaired) electrons. The fourth-order valence-corrected chi connectivity index (χ4v) is 2.40. The van der Waals surface area contributed by atoms with E-state index in [1.54, 1.807) is 0 Å². The van der Waals surface area contributed by atoms with Crippen LogP contribution in [0.5, 0.6) is 0 Å². The molecule has 0 aromatic heterocycles. The van der Waals surface area contributed by atoms with Gasteiger partial charge >= 0.3 is 0 Å². The second kappa shape index (κ2) is 4.13. The summed E-state index contributed by atoms with van der Waals surface area (Å²) in [4.78, 5) is 2.45. The van der Waals surface area contributed by atoms with Crippen LogP contribution < -0.4 is 10.6 Å². The SMILES string of the molecule is CCc1ccc(N2CCCC2C)cc1N. The minimum Gasteiger partial charge on any atom is -0.398 e. The minimum absolute atomic E-state index is 0.664. The third-order valence-electron chi connectivity index (χ3n) is 3.39. The van der Waals surface area contributed by atoms with Crippen LogP contribution in [0, 0.1) is 0 Å². The number of rotatable bonds is 2. The monoisotopic (exact) mass is 204 g/mol. The number of hydrogen-bond acceptors (Lipinski definition) is 2. The topological polar surface area (TPSA) is 29.3 Å². The molecule has 0 saturated carbocycles. The molecule has 1 unspecified atom stereocenters. The van der Waals surface area contributed by atoms with Crippen LogP contribution >= 0.6 is 0 Å². The van der Waals surface area contributed by atoms with E-state index in [4.69, 9.17) is 5.73 Å². The number of nitrogens with two attached hydrogens (primary N) is 1. The van der Waals surface area contributed by atoms with Crippen molar-refractivity contribution in [3.05, 3.63) is 23.8 Å². The smallest absolute Gasteiger partial charge is 0.0389 e. The lowest BCUT2D eigenvalue weighted by Gasteiger charge is -2.24. The van der Waals surface area contributed by atoms with E-state index in [-0.39, 0.29) is 0 Å². The lowest BCUT2D eigenvalue weighted by molar-refractivity contribution is 0.735. The highest BCUT2D eigenvalue weighted by atomic mass is 15.2. The van der Waals surface area contributed by atoms with Crippen LogP contribution in [0.3, 0.4) is 0 Å². The molecule has 1 fully saturated rings. The van der Waals surface area contributed by atoms with Gasteiger partial charge in [0.05, 0.1) is 0 Å². The van der Waals surface area contributed by atoms with Crippen molar-refractivity contribution in [2.75, 3.05) is 17.2 Å². The molecule has 1 saturated heterocycles. The zero-order valence-corrected chi connectivity index (χ0v) is 9.66. The van der Waals surface area contributed by atoms with Gasteiger partial charge in [-0.1, -0.05) is 13.0 Å². The van der Waals surface area contributed by atoms with Crippen molar-refractivity contribution in [3.8, 4) is 0 Å². The summed E-state index contributed by atoms with van der Waals surface area (Å²) in [6.45, 7) is 5.60. The highest BCUT2D eigenvalue weighted by Crippen LogP contribution is 2.28. The third-order valence-corrected chi connectivity index (χ3v) is 3.39. The molecule has 2 nitrogen and oxygen atoms in total. The summed E-state index contributed by atoms with van der Waals surface area (Å²) in [6, 6.07) is 7.16. The first-order chi connectivity index (χ1) is 7.22. The summed E-state index contributed by atoms with van der Waals surface area (Å²) >= 11 is 0. The molecule has 1 aromatic carbocycles. The Bertz CT molecular complexity index is 346. The van der Waals surface area contributed by atoms with Crippen molar-refractivity contribution in [1.29, 1.82) is 0 Å². The fourth-order valence-electron chi connectivity index (χ4n) is 2.40. The molecule has 2 rings (SSSR count). The second-order valence-electron chi connectivity index (χ2n) is 4.42. The highest BCUT2D eigenvalue weighted by Gasteiger charge is 2.20. The van der Waals surface area contributed by atoms with E-state index in [0.717, 1.165) is 12.1 Å². The van der Waals surface area contributed by atoms with Crippen molar-refractivity contribution < 1.29 is 0 Å². The van der Waals surface area contributed by atoms with E-state index in [9.17, 15) is 0 Å². The molecule has 1 atom stereocenters. The number of nitrogen functional groups attached to an aromatic ring is 1. The van der Waals surface area contributed by atoms with Gasteiger partial charge in [0, 0.05) is 24.0 Å². The first-order valence-electron chi connectivity index (χ1n) is 5.87. The number of nitrogens with zero attached hydrogens (tertiary/aromatic N) is 1. The third kappa shape index (κ3) is 1.94. The molecule has 1 heterocycles. The summed E-state index contributed by atoms with van der Waals surface area (Å²) in [6.07, 6.45) is 3.62. The van der Waals surface area contributed by atoms with Gasteiger partial charge in [0.15, 0.2) is 0 Å². The van der Waals surface area contributed by atoms with Crippen LogP contribution in [0.2, 0.25) is 0 Å². The Morgan fingerprint density at radius 2 is 2.27 bits per heavy atom. The molecule has 1 aliphatic rings. The summed E-state index contributed by atoms with van der Waals surface area (Å²) in [7, 11) is 0. The van der Waals surface area contributed by atoms with Crippen LogP contribution in [0.1, 0.15) is 32.3 Å². The lowest BCUT2D eigenvalue weighted by atomic mass is 10.1. The first kappa shape index (κ1) is 10.3. The van der Waals surface area contributed by atoms with Crippen LogP contribution in [0.4, 0.5) is 11.4 Å². The molecule has 0 spiro atoms. The Morgan fingerprint density at radius 3 is 2.80 bits per heavy atom. The van der Waals surface area contributed by atoms with Crippen molar-refractivity contribution in [1.82, 2.24) is 0 Å². The maximum atomic E-state index is 6.02. The molecule has 0 amide bonds. The van der Waals surface area contributed by atoms with E-state index >= 15 is 0 Å². The van der Waals surface area contributed by atoms with E-state index < -0.39 is 0 Å². The molecule has 2 heteroatoms. The van der Waals surface area contributed by atoms with Gasteiger partial charge in [-0.15, -0.1) is 0 Å². The van der Waals surface area contributed by atoms with E-state index in [1.807, 2.05) is 0 Å². The average molecular weight is 204 g/mol. The number of anilines is 2. The molecular formula is C13H20N2.